The number of hydrogen-bond acceptors (Lipinski definition) is 2. The fourth-order valence-corrected chi connectivity index (χ4v) is 9.54. The number of aliphatic hydroxyl groups is 2. The van der Waals surface area contributed by atoms with E-state index in [0.717, 1.165) is 43.9 Å². The molecule has 5 rings (SSSR count). The zero-order valence-electron chi connectivity index (χ0n) is 20.7. The third kappa shape index (κ3) is 2.96. The predicted octanol–water partition coefficient (Wildman–Crippen LogP) is 6.81. The average Bonchev–Trinajstić information content (AvgIpc) is 3.45. The van der Waals surface area contributed by atoms with E-state index in [1.54, 1.807) is 5.57 Å². The van der Waals surface area contributed by atoms with Crippen LogP contribution in [0.15, 0.2) is 23.3 Å². The van der Waals surface area contributed by atoms with Crippen molar-refractivity contribution < 1.29 is 10.2 Å². The molecule has 174 valence electrons. The molecule has 2 N–H and O–H groups in total. The van der Waals surface area contributed by atoms with Gasteiger partial charge in [-0.15, -0.1) is 0 Å². The molecular weight excluding hydrogens is 380 g/mol. The van der Waals surface area contributed by atoms with Crippen molar-refractivity contribution in [1.29, 1.82) is 0 Å². The molecule has 0 aromatic rings. The maximum Gasteiger partial charge on any atom is 0.0729 e. The minimum Gasteiger partial charge on any atom is -0.392 e. The zero-order valence-corrected chi connectivity index (χ0v) is 20.7. The molecule has 0 heterocycles. The summed E-state index contributed by atoms with van der Waals surface area (Å²) in [5.41, 5.74) is 3.02. The number of allylic oxidation sites excluding steroid dienone is 3. The van der Waals surface area contributed by atoms with Gasteiger partial charge in [0.15, 0.2) is 0 Å². The molecule has 0 aromatic carbocycles. The maximum atomic E-state index is 12.1. The van der Waals surface area contributed by atoms with Crippen LogP contribution in [0.25, 0.3) is 0 Å². The molecule has 0 radical (unpaired) electrons. The Hall–Kier alpha value is -0.600. The topological polar surface area (TPSA) is 40.5 Å². The quantitative estimate of drug-likeness (QED) is 0.485. The molecule has 5 aliphatic carbocycles. The molecule has 0 saturated heterocycles. The van der Waals surface area contributed by atoms with E-state index in [9.17, 15) is 10.2 Å². The number of aliphatic hydroxyl groups excluding tert-OH is 1. The zero-order chi connectivity index (χ0) is 22.2. The Morgan fingerprint density at radius 2 is 1.77 bits per heavy atom. The van der Waals surface area contributed by atoms with Gasteiger partial charge in [-0.1, -0.05) is 44.1 Å². The van der Waals surface area contributed by atoms with Crippen LogP contribution in [-0.2, 0) is 0 Å². The van der Waals surface area contributed by atoms with Crippen molar-refractivity contribution in [1.82, 2.24) is 0 Å². The molecule has 0 amide bonds. The summed E-state index contributed by atoms with van der Waals surface area (Å²) in [7, 11) is 0. The molecule has 31 heavy (non-hydrogen) atoms. The van der Waals surface area contributed by atoms with Gasteiger partial charge in [-0.25, -0.2) is 0 Å². The highest BCUT2D eigenvalue weighted by Gasteiger charge is 2.67. The summed E-state index contributed by atoms with van der Waals surface area (Å²) in [5.74, 6) is 2.48. The van der Waals surface area contributed by atoms with Gasteiger partial charge in [0.05, 0.1) is 11.7 Å². The summed E-state index contributed by atoms with van der Waals surface area (Å²) < 4.78 is 0. The fraction of sp³-hybridized carbons (Fsp3) is 0.862. The molecular formula is C29H46O2. The minimum absolute atomic E-state index is 0.0612. The first kappa shape index (κ1) is 22.2. The third-order valence-electron chi connectivity index (χ3n) is 11.5. The van der Waals surface area contributed by atoms with Crippen LogP contribution in [0, 0.1) is 39.9 Å². The first-order valence-electron chi connectivity index (χ1n) is 13.3. The highest BCUT2D eigenvalue weighted by atomic mass is 16.3. The lowest BCUT2D eigenvalue weighted by Crippen LogP contribution is -2.57. The lowest BCUT2D eigenvalue weighted by atomic mass is 9.45. The SMILES string of the molecule is CC(C)=CCC[C@@H](C)[C@]1(O)CC[C@H]2[C@@H]3CC=C4C5(CC5)[C@H](O)CC[C@]4(C)[C@H]3CC[C@@]21C. The van der Waals surface area contributed by atoms with E-state index in [0.29, 0.717) is 11.8 Å². The van der Waals surface area contributed by atoms with Crippen LogP contribution >= 0.6 is 0 Å². The van der Waals surface area contributed by atoms with Crippen LogP contribution < -0.4 is 0 Å². The summed E-state index contributed by atoms with van der Waals surface area (Å²) in [6.45, 7) is 11.7. The lowest BCUT2D eigenvalue weighted by Gasteiger charge is -2.61. The molecule has 8 atom stereocenters. The van der Waals surface area contributed by atoms with E-state index in [1.807, 2.05) is 0 Å². The molecule has 0 aromatic heterocycles. The molecule has 0 unspecified atom stereocenters. The van der Waals surface area contributed by atoms with E-state index in [2.05, 4.69) is 46.8 Å². The van der Waals surface area contributed by atoms with Crippen LogP contribution in [0.4, 0.5) is 0 Å². The smallest absolute Gasteiger partial charge is 0.0729 e. The van der Waals surface area contributed by atoms with Gasteiger partial charge in [-0.05, 0) is 119 Å². The summed E-state index contributed by atoms with van der Waals surface area (Å²) in [6.07, 6.45) is 17.4. The summed E-state index contributed by atoms with van der Waals surface area (Å²) in [6, 6.07) is 0. The van der Waals surface area contributed by atoms with Crippen LogP contribution in [-0.4, -0.2) is 21.9 Å². The standard InChI is InChI=1S/C29H46O2/c1-19(2)7-6-8-20(3)29(31)16-12-23-21-9-10-24-26(4,22(21)11-15-27(23,29)5)14-13-25(30)28(24)17-18-28/h7,10,20-23,25,30-31H,6,8-9,11-18H2,1-5H3/t20-,21-,22+,23+,25-,26-,27+,29-/m1/s1. The Morgan fingerprint density at radius 1 is 1.06 bits per heavy atom. The van der Waals surface area contributed by atoms with Crippen molar-refractivity contribution in [2.75, 3.05) is 0 Å². The summed E-state index contributed by atoms with van der Waals surface area (Å²) >= 11 is 0. The van der Waals surface area contributed by atoms with Gasteiger partial charge in [0, 0.05) is 5.41 Å². The van der Waals surface area contributed by atoms with Gasteiger partial charge in [0.2, 0.25) is 0 Å². The van der Waals surface area contributed by atoms with Crippen molar-refractivity contribution in [3.8, 4) is 0 Å². The van der Waals surface area contributed by atoms with Crippen LogP contribution in [0.3, 0.4) is 0 Å². The van der Waals surface area contributed by atoms with E-state index in [1.165, 1.54) is 44.1 Å². The van der Waals surface area contributed by atoms with Crippen molar-refractivity contribution in [3.63, 3.8) is 0 Å². The Labute approximate surface area is 190 Å². The van der Waals surface area contributed by atoms with Gasteiger partial charge in [-0.2, -0.15) is 0 Å². The Balaban J connectivity index is 1.41. The molecule has 1 spiro atoms. The molecule has 4 fully saturated rings. The Bertz CT molecular complexity index is 787. The molecule has 4 saturated carbocycles. The van der Waals surface area contributed by atoms with Crippen molar-refractivity contribution in [2.45, 2.75) is 117 Å². The number of fused-ring (bicyclic) bond motifs is 6. The van der Waals surface area contributed by atoms with Crippen molar-refractivity contribution in [3.05, 3.63) is 23.3 Å². The third-order valence-corrected chi connectivity index (χ3v) is 11.5. The van der Waals surface area contributed by atoms with E-state index in [4.69, 9.17) is 0 Å². The first-order valence-corrected chi connectivity index (χ1v) is 13.3. The monoisotopic (exact) mass is 426 g/mol. The van der Waals surface area contributed by atoms with Crippen LogP contribution in [0.2, 0.25) is 0 Å². The Morgan fingerprint density at radius 3 is 2.45 bits per heavy atom. The van der Waals surface area contributed by atoms with Gasteiger partial charge >= 0.3 is 0 Å². The van der Waals surface area contributed by atoms with Crippen LogP contribution in [0.1, 0.15) is 105 Å². The average molecular weight is 427 g/mol. The second-order valence-corrected chi connectivity index (χ2v) is 13.0. The van der Waals surface area contributed by atoms with Crippen molar-refractivity contribution >= 4 is 0 Å². The molecule has 0 bridgehead atoms. The largest absolute Gasteiger partial charge is 0.392 e. The Kier molecular flexibility index (Phi) is 5.16. The fourth-order valence-electron chi connectivity index (χ4n) is 9.54. The molecule has 0 aliphatic heterocycles. The summed E-state index contributed by atoms with van der Waals surface area (Å²) in [5, 5.41) is 22.9. The second kappa shape index (κ2) is 7.20. The van der Waals surface area contributed by atoms with Gasteiger partial charge in [0.1, 0.15) is 0 Å². The molecule has 5 aliphatic rings. The number of hydrogen-bond donors (Lipinski definition) is 2. The minimum atomic E-state index is -0.510. The normalized spacial score (nSPS) is 48.3. The number of rotatable bonds is 4. The lowest BCUT2D eigenvalue weighted by molar-refractivity contribution is -0.151. The van der Waals surface area contributed by atoms with E-state index in [-0.39, 0.29) is 22.3 Å². The second-order valence-electron chi connectivity index (χ2n) is 13.0. The highest BCUT2D eigenvalue weighted by Crippen LogP contribution is 2.73. The van der Waals surface area contributed by atoms with Crippen molar-refractivity contribution in [2.24, 2.45) is 39.9 Å². The first-order chi connectivity index (χ1) is 14.6. The molecule has 2 nitrogen and oxygen atoms in total. The highest BCUT2D eigenvalue weighted by molar-refractivity contribution is 5.37. The summed E-state index contributed by atoms with van der Waals surface area (Å²) in [4.78, 5) is 0. The predicted molar refractivity (Wildman–Crippen MR) is 128 cm³/mol. The van der Waals surface area contributed by atoms with E-state index >= 15 is 0 Å². The maximum absolute atomic E-state index is 12.1. The van der Waals surface area contributed by atoms with Crippen LogP contribution in [0.5, 0.6) is 0 Å². The van der Waals surface area contributed by atoms with Gasteiger partial charge in [-0.3, -0.25) is 0 Å². The van der Waals surface area contributed by atoms with E-state index < -0.39 is 5.60 Å². The van der Waals surface area contributed by atoms with Gasteiger partial charge < -0.3 is 10.2 Å². The molecule has 2 heteroatoms. The van der Waals surface area contributed by atoms with Gasteiger partial charge in [0.25, 0.3) is 0 Å².